The summed E-state index contributed by atoms with van der Waals surface area (Å²) in [5.74, 6) is -1.90. The molecule has 10 nitrogen and oxygen atoms in total. The van der Waals surface area contributed by atoms with Crippen LogP contribution in [0, 0.1) is 39.6 Å². The Morgan fingerprint density at radius 2 is 2.21 bits per heavy atom. The maximum atomic E-state index is 14.3. The molecule has 2 aromatic rings. The number of benzene rings is 1. The summed E-state index contributed by atoms with van der Waals surface area (Å²) < 4.78 is 28.4. The van der Waals surface area contributed by atoms with Crippen molar-refractivity contribution in [1.82, 2.24) is 9.97 Å². The summed E-state index contributed by atoms with van der Waals surface area (Å²) in [7, 11) is -1.45. The summed E-state index contributed by atoms with van der Waals surface area (Å²) in [4.78, 5) is 30.4. The number of primary amides is 1. The third kappa shape index (κ3) is 4.62. The van der Waals surface area contributed by atoms with Crippen molar-refractivity contribution in [2.45, 2.75) is 18.9 Å². The number of fused-ring (bicyclic) bond motifs is 2. The van der Waals surface area contributed by atoms with Crippen LogP contribution in [0.15, 0.2) is 30.5 Å². The SMILES string of the molecule is CS(=O)N(C[C@@H]1C[C@@H]2C[C@H]1[C@@H](Nc1nc(Cl)ncc1F)[C@H]2C(N)=O)c1cccc([N+](=O)[O-])c1. The third-order valence-electron chi connectivity index (χ3n) is 6.53. The second-order valence-electron chi connectivity index (χ2n) is 8.35. The van der Waals surface area contributed by atoms with E-state index in [-0.39, 0.29) is 34.5 Å². The Hall–Kier alpha value is -2.86. The number of hydrogen-bond donors (Lipinski definition) is 2. The number of aromatic nitrogens is 2. The van der Waals surface area contributed by atoms with E-state index in [9.17, 15) is 23.5 Å². The maximum Gasteiger partial charge on any atom is 0.271 e. The molecule has 6 atom stereocenters. The summed E-state index contributed by atoms with van der Waals surface area (Å²) >= 11 is 5.81. The number of rotatable bonds is 8. The first-order valence-electron chi connectivity index (χ1n) is 10.2. The number of nitrogens with zero attached hydrogens (tertiary/aromatic N) is 4. The van der Waals surface area contributed by atoms with Crippen LogP contribution >= 0.6 is 11.6 Å². The molecule has 4 rings (SSSR count). The van der Waals surface area contributed by atoms with E-state index in [0.717, 1.165) is 6.20 Å². The van der Waals surface area contributed by atoms with Crippen LogP contribution in [0.1, 0.15) is 12.8 Å². The molecule has 1 aromatic carbocycles. The average molecular weight is 497 g/mol. The lowest BCUT2D eigenvalue weighted by atomic mass is 9.77. The van der Waals surface area contributed by atoms with Crippen LogP contribution in [-0.4, -0.2) is 43.8 Å². The zero-order chi connectivity index (χ0) is 23.9. The Bertz CT molecular complexity index is 1120. The molecule has 1 amide bonds. The predicted octanol–water partition coefficient (Wildman–Crippen LogP) is 2.52. The lowest BCUT2D eigenvalue weighted by Gasteiger charge is -2.37. The van der Waals surface area contributed by atoms with Gasteiger partial charge in [-0.25, -0.2) is 13.6 Å². The van der Waals surface area contributed by atoms with Crippen molar-refractivity contribution in [2.75, 3.05) is 22.4 Å². The number of nitrogens with two attached hydrogens (primary N) is 1. The number of anilines is 2. The number of nitro benzene ring substituents is 1. The summed E-state index contributed by atoms with van der Waals surface area (Å²) in [6.07, 6.45) is 3.82. The molecule has 13 heteroatoms. The molecule has 0 spiro atoms. The van der Waals surface area contributed by atoms with Crippen molar-refractivity contribution in [3.05, 3.63) is 51.7 Å². The summed E-state index contributed by atoms with van der Waals surface area (Å²) in [5.41, 5.74) is 6.05. The fourth-order valence-electron chi connectivity index (χ4n) is 5.25. The number of hydrogen-bond acceptors (Lipinski definition) is 7. The molecule has 0 radical (unpaired) electrons. The molecule has 1 aromatic heterocycles. The van der Waals surface area contributed by atoms with E-state index >= 15 is 0 Å². The lowest BCUT2D eigenvalue weighted by molar-refractivity contribution is -0.384. The van der Waals surface area contributed by atoms with Gasteiger partial charge in [0.15, 0.2) is 11.6 Å². The molecule has 176 valence electrons. The minimum Gasteiger partial charge on any atom is -0.369 e. The molecule has 33 heavy (non-hydrogen) atoms. The Morgan fingerprint density at radius 3 is 2.88 bits per heavy atom. The molecule has 2 bridgehead atoms. The van der Waals surface area contributed by atoms with Crippen LogP contribution in [0.25, 0.3) is 0 Å². The molecule has 0 saturated heterocycles. The van der Waals surface area contributed by atoms with Gasteiger partial charge in [0, 0.05) is 31.0 Å². The topological polar surface area (TPSA) is 144 Å². The van der Waals surface area contributed by atoms with Crippen LogP contribution in [-0.2, 0) is 15.8 Å². The van der Waals surface area contributed by atoms with Crippen LogP contribution in [0.2, 0.25) is 5.28 Å². The minimum absolute atomic E-state index is 0.00775. The first kappa shape index (κ1) is 23.3. The quantitative estimate of drug-likeness (QED) is 0.324. The molecule has 0 aliphatic heterocycles. The lowest BCUT2D eigenvalue weighted by Crippen LogP contribution is -2.47. The molecular formula is C20H22ClFN6O4S. The number of non-ortho nitro benzene ring substituents is 1. The van der Waals surface area contributed by atoms with Crippen LogP contribution < -0.4 is 15.4 Å². The number of nitrogens with one attached hydrogen (secondary N) is 1. The van der Waals surface area contributed by atoms with Gasteiger partial charge in [0.1, 0.15) is 11.0 Å². The van der Waals surface area contributed by atoms with Gasteiger partial charge in [0.05, 0.1) is 22.7 Å². The number of nitro groups is 1. The monoisotopic (exact) mass is 496 g/mol. The van der Waals surface area contributed by atoms with Gasteiger partial charge in [0.2, 0.25) is 11.2 Å². The largest absolute Gasteiger partial charge is 0.369 e. The molecule has 2 saturated carbocycles. The predicted molar refractivity (Wildman–Crippen MR) is 121 cm³/mol. The number of halogens is 2. The summed E-state index contributed by atoms with van der Waals surface area (Å²) in [6, 6.07) is 5.49. The van der Waals surface area contributed by atoms with E-state index in [1.807, 2.05) is 0 Å². The van der Waals surface area contributed by atoms with Gasteiger partial charge < -0.3 is 11.1 Å². The van der Waals surface area contributed by atoms with Gasteiger partial charge in [-0.15, -0.1) is 0 Å². The van der Waals surface area contributed by atoms with E-state index in [0.29, 0.717) is 25.1 Å². The molecule has 3 N–H and O–H groups in total. The second-order valence-corrected chi connectivity index (χ2v) is 9.98. The molecule has 2 aliphatic carbocycles. The third-order valence-corrected chi connectivity index (χ3v) is 7.69. The zero-order valence-electron chi connectivity index (χ0n) is 17.6. The minimum atomic E-state index is -1.45. The summed E-state index contributed by atoms with van der Waals surface area (Å²) in [5, 5.41) is 14.1. The van der Waals surface area contributed by atoms with Gasteiger partial charge >= 0.3 is 0 Å². The molecule has 2 aliphatic rings. The highest BCUT2D eigenvalue weighted by Crippen LogP contribution is 2.53. The fourth-order valence-corrected chi connectivity index (χ4v) is 6.19. The van der Waals surface area contributed by atoms with Crippen LogP contribution in [0.5, 0.6) is 0 Å². The average Bonchev–Trinajstić information content (AvgIpc) is 3.32. The normalized spacial score (nSPS) is 26.7. The smallest absolute Gasteiger partial charge is 0.271 e. The first-order chi connectivity index (χ1) is 15.7. The van der Waals surface area contributed by atoms with Gasteiger partial charge in [0.25, 0.3) is 5.69 Å². The standard InChI is InChI=1S/C20H22ClFN6O4S/c1-33(32)27(12-3-2-4-13(7-12)28(30)31)9-11-5-10-6-14(11)17(16(10)18(23)29)25-19-15(22)8-24-20(21)26-19/h2-4,7-8,10-11,14,16-17H,5-6,9H2,1H3,(H2,23,29)(H,24,25,26)/t10-,11+,14-,16+,17-,33?/m1/s1. The highest BCUT2D eigenvalue weighted by molar-refractivity contribution is 7.85. The van der Waals surface area contributed by atoms with Crippen molar-refractivity contribution in [3.63, 3.8) is 0 Å². The Balaban J connectivity index is 1.59. The molecule has 1 unspecified atom stereocenters. The van der Waals surface area contributed by atoms with Gasteiger partial charge in [-0.3, -0.25) is 19.2 Å². The molecular weight excluding hydrogens is 475 g/mol. The highest BCUT2D eigenvalue weighted by atomic mass is 35.5. The fraction of sp³-hybridized carbons (Fsp3) is 0.450. The van der Waals surface area contributed by atoms with Crippen molar-refractivity contribution in [2.24, 2.45) is 29.4 Å². The summed E-state index contributed by atoms with van der Waals surface area (Å²) in [6.45, 7) is 0.349. The van der Waals surface area contributed by atoms with Crippen LogP contribution in [0.4, 0.5) is 21.6 Å². The Kier molecular flexibility index (Phi) is 6.48. The van der Waals surface area contributed by atoms with Crippen LogP contribution in [0.3, 0.4) is 0 Å². The second kappa shape index (κ2) is 9.18. The van der Waals surface area contributed by atoms with Crippen molar-refractivity contribution >= 4 is 45.7 Å². The van der Waals surface area contributed by atoms with Crippen molar-refractivity contribution in [1.29, 1.82) is 0 Å². The zero-order valence-corrected chi connectivity index (χ0v) is 19.1. The van der Waals surface area contributed by atoms with E-state index in [1.165, 1.54) is 18.4 Å². The first-order valence-corrected chi connectivity index (χ1v) is 12.1. The maximum absolute atomic E-state index is 14.3. The van der Waals surface area contributed by atoms with E-state index in [4.69, 9.17) is 17.3 Å². The molecule has 1 heterocycles. The number of amides is 1. The van der Waals surface area contributed by atoms with Gasteiger partial charge in [-0.1, -0.05) is 6.07 Å². The number of carbonyl (C=O) groups excluding carboxylic acids is 1. The van der Waals surface area contributed by atoms with Crippen molar-refractivity contribution < 1.29 is 18.3 Å². The van der Waals surface area contributed by atoms with E-state index in [1.54, 1.807) is 16.4 Å². The van der Waals surface area contributed by atoms with Crippen molar-refractivity contribution in [3.8, 4) is 0 Å². The highest BCUT2D eigenvalue weighted by Gasteiger charge is 2.55. The van der Waals surface area contributed by atoms with Gasteiger partial charge in [-0.05, 0) is 48.3 Å². The Morgan fingerprint density at radius 1 is 1.45 bits per heavy atom. The van der Waals surface area contributed by atoms with Gasteiger partial charge in [-0.2, -0.15) is 4.98 Å². The number of carbonyl (C=O) groups is 1. The van der Waals surface area contributed by atoms with E-state index < -0.39 is 39.6 Å². The molecule has 2 fully saturated rings. The Labute approximate surface area is 196 Å². The van der Waals surface area contributed by atoms with E-state index in [2.05, 4.69) is 15.3 Å².